The van der Waals surface area contributed by atoms with Gasteiger partial charge in [-0.05, 0) is 41.1 Å². The Morgan fingerprint density at radius 2 is 1.83 bits per heavy atom. The number of ether oxygens (including phenoxy) is 2. The second kappa shape index (κ2) is 8.39. The van der Waals surface area contributed by atoms with E-state index in [0.29, 0.717) is 23.8 Å². The van der Waals surface area contributed by atoms with Gasteiger partial charge in [0.25, 0.3) is 11.8 Å². The second-order valence-electron chi connectivity index (χ2n) is 4.83. The van der Waals surface area contributed by atoms with Gasteiger partial charge in [-0.25, -0.2) is 0 Å². The summed E-state index contributed by atoms with van der Waals surface area (Å²) in [5.41, 5.74) is 5.05. The van der Waals surface area contributed by atoms with Gasteiger partial charge in [0, 0.05) is 17.7 Å². The molecule has 0 fully saturated rings. The summed E-state index contributed by atoms with van der Waals surface area (Å²) < 4.78 is 13.2. The zero-order valence-corrected chi connectivity index (χ0v) is 14.9. The van der Waals surface area contributed by atoms with E-state index in [1.165, 1.54) is 0 Å². The summed E-state index contributed by atoms with van der Waals surface area (Å²) in [6, 6.07) is 8.71. The first kappa shape index (κ1) is 17.9. The number of rotatable bonds is 6. The number of nitrogens with one attached hydrogen (secondary N) is 2. The number of aryl methyl sites for hydroxylation is 1. The minimum Gasteiger partial charge on any atom is -0.490 e. The SMILES string of the molecule is CCOc1ccccc1OCC(=O)NNC(=O)c1cc(Br)cn1C. The quantitative estimate of drug-likeness (QED) is 0.733. The van der Waals surface area contributed by atoms with Gasteiger partial charge in [-0.2, -0.15) is 0 Å². The van der Waals surface area contributed by atoms with Crippen LogP contribution in [-0.2, 0) is 11.8 Å². The molecule has 2 N–H and O–H groups in total. The van der Waals surface area contributed by atoms with Gasteiger partial charge in [0.15, 0.2) is 18.1 Å². The molecule has 1 aromatic carbocycles. The van der Waals surface area contributed by atoms with Crippen molar-refractivity contribution in [2.24, 2.45) is 7.05 Å². The summed E-state index contributed by atoms with van der Waals surface area (Å²) in [6.07, 6.45) is 1.74. The number of carbonyl (C=O) groups excluding carboxylic acids is 2. The average molecular weight is 396 g/mol. The summed E-state index contributed by atoms with van der Waals surface area (Å²) in [6.45, 7) is 2.11. The first-order valence-corrected chi connectivity index (χ1v) is 8.06. The highest BCUT2D eigenvalue weighted by Gasteiger charge is 2.12. The van der Waals surface area contributed by atoms with Crippen LogP contribution < -0.4 is 20.3 Å². The zero-order chi connectivity index (χ0) is 17.5. The fourth-order valence-corrected chi connectivity index (χ4v) is 2.49. The van der Waals surface area contributed by atoms with Crippen molar-refractivity contribution in [3.05, 3.63) is 46.7 Å². The fourth-order valence-electron chi connectivity index (χ4n) is 1.96. The first-order chi connectivity index (χ1) is 11.5. The van der Waals surface area contributed by atoms with E-state index >= 15 is 0 Å². The molecular weight excluding hydrogens is 378 g/mol. The summed E-state index contributed by atoms with van der Waals surface area (Å²) in [7, 11) is 1.73. The number of halogens is 1. The minimum atomic E-state index is -0.483. The molecule has 0 aliphatic carbocycles. The maximum Gasteiger partial charge on any atom is 0.286 e. The van der Waals surface area contributed by atoms with Crippen molar-refractivity contribution >= 4 is 27.7 Å². The maximum absolute atomic E-state index is 12.0. The molecule has 2 amide bonds. The van der Waals surface area contributed by atoms with Gasteiger partial charge in [0.2, 0.25) is 0 Å². The largest absolute Gasteiger partial charge is 0.490 e. The molecule has 0 saturated heterocycles. The number of hydrazine groups is 1. The summed E-state index contributed by atoms with van der Waals surface area (Å²) in [5.74, 6) is 0.117. The number of nitrogens with zero attached hydrogens (tertiary/aromatic N) is 1. The second-order valence-corrected chi connectivity index (χ2v) is 5.74. The van der Waals surface area contributed by atoms with E-state index < -0.39 is 11.8 Å². The Labute approximate surface area is 148 Å². The van der Waals surface area contributed by atoms with Crippen LogP contribution in [0.25, 0.3) is 0 Å². The summed E-state index contributed by atoms with van der Waals surface area (Å²) in [5, 5.41) is 0. The molecule has 0 atom stereocenters. The molecule has 0 spiro atoms. The number of hydrogen-bond acceptors (Lipinski definition) is 4. The molecule has 0 bridgehead atoms. The van der Waals surface area contributed by atoms with E-state index in [0.717, 1.165) is 4.47 Å². The topological polar surface area (TPSA) is 81.6 Å². The van der Waals surface area contributed by atoms with Crippen LogP contribution in [-0.4, -0.2) is 29.6 Å². The van der Waals surface area contributed by atoms with Crippen LogP contribution in [0.4, 0.5) is 0 Å². The van der Waals surface area contributed by atoms with Gasteiger partial charge in [-0.15, -0.1) is 0 Å². The number of carbonyl (C=O) groups is 2. The monoisotopic (exact) mass is 395 g/mol. The third kappa shape index (κ3) is 4.76. The molecule has 2 aromatic rings. The highest BCUT2D eigenvalue weighted by atomic mass is 79.9. The molecule has 7 nitrogen and oxygen atoms in total. The number of aromatic nitrogens is 1. The van der Waals surface area contributed by atoms with Crippen molar-refractivity contribution < 1.29 is 19.1 Å². The molecule has 128 valence electrons. The highest BCUT2D eigenvalue weighted by molar-refractivity contribution is 9.10. The van der Waals surface area contributed by atoms with E-state index in [-0.39, 0.29) is 6.61 Å². The number of para-hydroxylation sites is 2. The normalized spacial score (nSPS) is 10.1. The van der Waals surface area contributed by atoms with Crippen molar-refractivity contribution in [3.8, 4) is 11.5 Å². The predicted molar refractivity (Wildman–Crippen MR) is 91.8 cm³/mol. The summed E-state index contributed by atoms with van der Waals surface area (Å²) in [4.78, 5) is 23.8. The van der Waals surface area contributed by atoms with Crippen molar-refractivity contribution in [1.82, 2.24) is 15.4 Å². The van der Waals surface area contributed by atoms with E-state index in [1.54, 1.807) is 42.1 Å². The van der Waals surface area contributed by atoms with Gasteiger partial charge >= 0.3 is 0 Å². The molecule has 24 heavy (non-hydrogen) atoms. The van der Waals surface area contributed by atoms with E-state index in [9.17, 15) is 9.59 Å². The van der Waals surface area contributed by atoms with Gasteiger partial charge in [0.1, 0.15) is 5.69 Å². The lowest BCUT2D eigenvalue weighted by Gasteiger charge is -2.12. The smallest absolute Gasteiger partial charge is 0.286 e. The standard InChI is InChI=1S/C16H18BrN3O4/c1-3-23-13-6-4-5-7-14(13)24-10-15(21)18-19-16(22)12-8-11(17)9-20(12)2/h4-9H,3,10H2,1-2H3,(H,18,21)(H,19,22). The Morgan fingerprint density at radius 3 is 2.42 bits per heavy atom. The van der Waals surface area contributed by atoms with Crippen molar-refractivity contribution in [1.29, 1.82) is 0 Å². The number of amides is 2. The molecule has 0 aliphatic heterocycles. The first-order valence-electron chi connectivity index (χ1n) is 7.27. The van der Waals surface area contributed by atoms with Crippen LogP contribution in [0.3, 0.4) is 0 Å². The molecule has 2 rings (SSSR count). The third-order valence-electron chi connectivity index (χ3n) is 3.03. The molecule has 0 radical (unpaired) electrons. The van der Waals surface area contributed by atoms with E-state index in [2.05, 4.69) is 26.8 Å². The Bertz CT molecular complexity index is 730. The Morgan fingerprint density at radius 1 is 1.17 bits per heavy atom. The van der Waals surface area contributed by atoms with Crippen LogP contribution in [0.2, 0.25) is 0 Å². The zero-order valence-electron chi connectivity index (χ0n) is 13.3. The van der Waals surface area contributed by atoms with Gasteiger partial charge < -0.3 is 14.0 Å². The van der Waals surface area contributed by atoms with Gasteiger partial charge in [-0.1, -0.05) is 12.1 Å². The fraction of sp³-hybridized carbons (Fsp3) is 0.250. The van der Waals surface area contributed by atoms with Crippen LogP contribution in [0, 0.1) is 0 Å². The average Bonchev–Trinajstić information content (AvgIpc) is 2.90. The molecule has 1 aromatic heterocycles. The Hall–Kier alpha value is -2.48. The molecule has 8 heteroatoms. The van der Waals surface area contributed by atoms with Crippen molar-refractivity contribution in [2.45, 2.75) is 6.92 Å². The van der Waals surface area contributed by atoms with Gasteiger partial charge in [-0.3, -0.25) is 20.4 Å². The molecule has 1 heterocycles. The van der Waals surface area contributed by atoms with Crippen molar-refractivity contribution in [3.63, 3.8) is 0 Å². The number of benzene rings is 1. The Balaban J connectivity index is 1.84. The molecule has 0 aliphatic rings. The van der Waals surface area contributed by atoms with Crippen molar-refractivity contribution in [2.75, 3.05) is 13.2 Å². The summed E-state index contributed by atoms with van der Waals surface area (Å²) >= 11 is 3.28. The third-order valence-corrected chi connectivity index (χ3v) is 3.46. The van der Waals surface area contributed by atoms with E-state index in [4.69, 9.17) is 9.47 Å². The lowest BCUT2D eigenvalue weighted by atomic mass is 10.3. The lowest BCUT2D eigenvalue weighted by molar-refractivity contribution is -0.123. The van der Waals surface area contributed by atoms with E-state index in [1.807, 2.05) is 13.0 Å². The van der Waals surface area contributed by atoms with Crippen LogP contribution in [0.15, 0.2) is 41.0 Å². The van der Waals surface area contributed by atoms with Crippen LogP contribution >= 0.6 is 15.9 Å². The molecule has 0 unspecified atom stereocenters. The van der Waals surface area contributed by atoms with Gasteiger partial charge in [0.05, 0.1) is 6.61 Å². The highest BCUT2D eigenvalue weighted by Crippen LogP contribution is 2.26. The maximum atomic E-state index is 12.0. The molecular formula is C16H18BrN3O4. The predicted octanol–water partition coefficient (Wildman–Crippen LogP) is 2.03. The Kier molecular flexibility index (Phi) is 6.25. The minimum absolute atomic E-state index is 0.249. The lowest BCUT2D eigenvalue weighted by Crippen LogP contribution is -2.44. The van der Waals surface area contributed by atoms with Crippen LogP contribution in [0.1, 0.15) is 17.4 Å². The molecule has 0 saturated carbocycles. The van der Waals surface area contributed by atoms with Crippen LogP contribution in [0.5, 0.6) is 11.5 Å². The number of hydrogen-bond donors (Lipinski definition) is 2.